The van der Waals surface area contributed by atoms with Crippen LogP contribution in [0.1, 0.15) is 44.5 Å². The number of furan rings is 1. The van der Waals surface area contributed by atoms with E-state index < -0.39 is 10.8 Å². The Balaban J connectivity index is 0.969. The van der Waals surface area contributed by atoms with Crippen LogP contribution >= 0.6 is 0 Å². The molecule has 2 aliphatic rings. The highest BCUT2D eigenvalue weighted by Crippen LogP contribution is 2.60. The van der Waals surface area contributed by atoms with Crippen LogP contribution in [0.2, 0.25) is 0 Å². The lowest BCUT2D eigenvalue weighted by atomic mass is 9.67. The van der Waals surface area contributed by atoms with Gasteiger partial charge in [0, 0.05) is 27.7 Å². The summed E-state index contributed by atoms with van der Waals surface area (Å²) in [5.74, 6) is 0. The lowest BCUT2D eigenvalue weighted by Gasteiger charge is -2.35. The van der Waals surface area contributed by atoms with Gasteiger partial charge in [-0.3, -0.25) is 0 Å². The molecular formula is C74H49NO. The highest BCUT2D eigenvalue weighted by atomic mass is 16.3. The molecule has 0 N–H and O–H groups in total. The normalized spacial score (nSPS) is 13.5. The maximum absolute atomic E-state index is 7.65. The number of nitrogens with zero attached hydrogens (tertiary/aromatic N) is 1. The van der Waals surface area contributed by atoms with Crippen LogP contribution in [0.3, 0.4) is 0 Å². The molecule has 0 amide bonds. The summed E-state index contributed by atoms with van der Waals surface area (Å²) in [5.41, 5.74) is 23.0. The predicted molar refractivity (Wildman–Crippen MR) is 314 cm³/mol. The van der Waals surface area contributed by atoms with Crippen LogP contribution in [0.25, 0.3) is 66.4 Å². The van der Waals surface area contributed by atoms with Gasteiger partial charge in [-0.15, -0.1) is 0 Å². The van der Waals surface area contributed by atoms with Crippen LogP contribution in [-0.4, -0.2) is 0 Å². The molecule has 0 atom stereocenters. The minimum absolute atomic E-state index is 0.578. The maximum atomic E-state index is 7.65. The summed E-state index contributed by atoms with van der Waals surface area (Å²) in [4.78, 5) is 2.42. The van der Waals surface area contributed by atoms with E-state index in [9.17, 15) is 0 Å². The Kier molecular flexibility index (Phi) is 10.0. The molecule has 76 heavy (non-hydrogen) atoms. The summed E-state index contributed by atoms with van der Waals surface area (Å²) < 4.78 is 7.65. The quantitative estimate of drug-likeness (QED) is 0.143. The third-order valence-electron chi connectivity index (χ3n) is 16.5. The fourth-order valence-electron chi connectivity index (χ4n) is 13.2. The Hall–Kier alpha value is -9.76. The van der Waals surface area contributed by atoms with Gasteiger partial charge < -0.3 is 9.32 Å². The number of para-hydroxylation sites is 2. The van der Waals surface area contributed by atoms with Crippen molar-refractivity contribution in [3.63, 3.8) is 0 Å². The Bertz CT molecular complexity index is 4230. The Morgan fingerprint density at radius 2 is 0.632 bits per heavy atom. The van der Waals surface area contributed by atoms with E-state index in [1.807, 2.05) is 0 Å². The predicted octanol–water partition coefficient (Wildman–Crippen LogP) is 19.1. The van der Waals surface area contributed by atoms with E-state index in [1.165, 1.54) is 72.3 Å². The van der Waals surface area contributed by atoms with E-state index >= 15 is 0 Å². The molecule has 1 heterocycles. The monoisotopic (exact) mass is 967 g/mol. The number of rotatable bonds is 9. The van der Waals surface area contributed by atoms with Gasteiger partial charge in [0.1, 0.15) is 5.58 Å². The van der Waals surface area contributed by atoms with Crippen LogP contribution in [0.5, 0.6) is 0 Å². The largest absolute Gasteiger partial charge is 0.453 e. The fourth-order valence-corrected chi connectivity index (χ4v) is 13.2. The SMILES string of the molecule is c1ccc(-c2ccc(-c3ccc(N(c4ccc5c(c4)C(c4ccccc4)(c4ccccc4)c4ccccc4-5)c4cccc5c4oc4c(C6(c7ccccc7)c7ccccc7-c7ccccc76)cccc45)cc3)cc2)cc1. The fraction of sp³-hybridized carbons (Fsp3) is 0.0270. The molecule has 0 spiro atoms. The van der Waals surface area contributed by atoms with Crippen molar-refractivity contribution in [2.75, 3.05) is 4.90 Å². The molecule has 0 saturated carbocycles. The Morgan fingerprint density at radius 3 is 1.17 bits per heavy atom. The maximum Gasteiger partial charge on any atom is 0.159 e. The van der Waals surface area contributed by atoms with Crippen LogP contribution in [0.15, 0.2) is 302 Å². The van der Waals surface area contributed by atoms with Crippen molar-refractivity contribution >= 4 is 39.0 Å². The molecule has 0 saturated heterocycles. The van der Waals surface area contributed by atoms with Crippen molar-refractivity contribution in [3.05, 3.63) is 342 Å². The van der Waals surface area contributed by atoms with Crippen LogP contribution in [0.4, 0.5) is 17.1 Å². The second-order valence-electron chi connectivity index (χ2n) is 20.2. The number of fused-ring (bicyclic) bond motifs is 9. The molecule has 2 aliphatic carbocycles. The molecule has 0 aliphatic heterocycles. The van der Waals surface area contributed by atoms with Crippen LogP contribution < -0.4 is 4.90 Å². The van der Waals surface area contributed by atoms with Crippen molar-refractivity contribution < 1.29 is 4.42 Å². The molecule has 0 radical (unpaired) electrons. The summed E-state index contributed by atoms with van der Waals surface area (Å²) in [7, 11) is 0. The van der Waals surface area contributed by atoms with E-state index in [0.29, 0.717) is 0 Å². The lowest BCUT2D eigenvalue weighted by Crippen LogP contribution is -2.28. The molecule has 2 heteroatoms. The molecule has 0 fully saturated rings. The molecule has 356 valence electrons. The zero-order chi connectivity index (χ0) is 50.2. The number of anilines is 3. The van der Waals surface area contributed by atoms with E-state index in [1.54, 1.807) is 0 Å². The van der Waals surface area contributed by atoms with Gasteiger partial charge in [0.05, 0.1) is 16.5 Å². The molecule has 1 aromatic heterocycles. The highest BCUT2D eigenvalue weighted by Gasteiger charge is 2.48. The Morgan fingerprint density at radius 1 is 0.250 bits per heavy atom. The third-order valence-corrected chi connectivity index (χ3v) is 16.5. The summed E-state index contributed by atoms with van der Waals surface area (Å²) >= 11 is 0. The van der Waals surface area contributed by atoms with Crippen molar-refractivity contribution in [1.82, 2.24) is 0 Å². The van der Waals surface area contributed by atoms with Gasteiger partial charge in [-0.05, 0) is 114 Å². The summed E-state index contributed by atoms with van der Waals surface area (Å²) in [5, 5.41) is 2.14. The van der Waals surface area contributed by atoms with E-state index in [0.717, 1.165) is 55.7 Å². The first kappa shape index (κ1) is 43.8. The van der Waals surface area contributed by atoms with Crippen molar-refractivity contribution in [2.24, 2.45) is 0 Å². The minimum Gasteiger partial charge on any atom is -0.453 e. The van der Waals surface area contributed by atoms with Crippen molar-refractivity contribution in [2.45, 2.75) is 10.8 Å². The average Bonchev–Trinajstić information content (AvgIpc) is 4.23. The average molecular weight is 968 g/mol. The minimum atomic E-state index is -0.635. The highest BCUT2D eigenvalue weighted by molar-refractivity contribution is 6.12. The zero-order valence-electron chi connectivity index (χ0n) is 41.6. The third kappa shape index (κ3) is 6.41. The van der Waals surface area contributed by atoms with Gasteiger partial charge in [0.25, 0.3) is 0 Å². The molecule has 0 bridgehead atoms. The molecule has 13 aromatic rings. The zero-order valence-corrected chi connectivity index (χ0v) is 41.6. The van der Waals surface area contributed by atoms with E-state index in [4.69, 9.17) is 4.42 Å². The van der Waals surface area contributed by atoms with Gasteiger partial charge in [-0.1, -0.05) is 267 Å². The summed E-state index contributed by atoms with van der Waals surface area (Å²) in [6, 6.07) is 109. The lowest BCUT2D eigenvalue weighted by molar-refractivity contribution is 0.648. The Labute approximate surface area is 443 Å². The molecule has 0 unspecified atom stereocenters. The van der Waals surface area contributed by atoms with Crippen LogP contribution in [-0.2, 0) is 10.8 Å². The van der Waals surface area contributed by atoms with E-state index in [-0.39, 0.29) is 0 Å². The number of benzene rings is 12. The van der Waals surface area contributed by atoms with Crippen LogP contribution in [0, 0.1) is 0 Å². The second kappa shape index (κ2) is 17.4. The standard InChI is InChI=1S/C74H49NO/c1-5-21-50(22-6-1)51-39-41-52(42-40-51)53-43-45-57(46-44-53)75(58-47-48-62-61-31-13-16-34-65(61)73(69(62)49-58,54-23-7-2-8-24-54)55-25-9-3-10-26-55)70-38-20-33-64-63-32-19-37-68(71(63)76-72(64)70)74(56-27-11-4-12-28-56)66-35-17-14-29-59(66)60-30-15-18-36-67(60)74/h1-49H. The summed E-state index contributed by atoms with van der Waals surface area (Å²) in [6.45, 7) is 0. The van der Waals surface area contributed by atoms with Gasteiger partial charge in [-0.25, -0.2) is 0 Å². The van der Waals surface area contributed by atoms with Gasteiger partial charge >= 0.3 is 0 Å². The first-order valence-electron chi connectivity index (χ1n) is 26.3. The molecule has 2 nitrogen and oxygen atoms in total. The smallest absolute Gasteiger partial charge is 0.159 e. The van der Waals surface area contributed by atoms with Crippen molar-refractivity contribution in [3.8, 4) is 44.5 Å². The van der Waals surface area contributed by atoms with Gasteiger partial charge in [-0.2, -0.15) is 0 Å². The molecule has 15 rings (SSSR count). The molecule has 12 aromatic carbocycles. The van der Waals surface area contributed by atoms with Gasteiger partial charge in [0.2, 0.25) is 0 Å². The van der Waals surface area contributed by atoms with Gasteiger partial charge in [0.15, 0.2) is 5.58 Å². The first-order valence-corrected chi connectivity index (χ1v) is 26.3. The molecular weight excluding hydrogens is 919 g/mol. The first-order chi connectivity index (χ1) is 37.7. The number of hydrogen-bond acceptors (Lipinski definition) is 2. The summed E-state index contributed by atoms with van der Waals surface area (Å²) in [6.07, 6.45) is 0. The van der Waals surface area contributed by atoms with E-state index in [2.05, 4.69) is 302 Å². The number of hydrogen-bond donors (Lipinski definition) is 0. The van der Waals surface area contributed by atoms with Crippen molar-refractivity contribution in [1.29, 1.82) is 0 Å². The topological polar surface area (TPSA) is 16.4 Å². The second-order valence-corrected chi connectivity index (χ2v) is 20.2.